The predicted molar refractivity (Wildman–Crippen MR) is 75.6 cm³/mol. The van der Waals surface area contributed by atoms with Crippen LogP contribution in [0, 0.1) is 18.2 Å². The molecule has 0 N–H and O–H groups in total. The molecule has 0 spiro atoms. The summed E-state index contributed by atoms with van der Waals surface area (Å²) >= 11 is 6.12. The highest BCUT2D eigenvalue weighted by Crippen LogP contribution is 2.35. The van der Waals surface area contributed by atoms with Crippen molar-refractivity contribution in [2.24, 2.45) is 0 Å². The van der Waals surface area contributed by atoms with Crippen LogP contribution in [0.4, 0.5) is 4.39 Å². The third kappa shape index (κ3) is 2.09. The molecule has 2 aromatic rings. The van der Waals surface area contributed by atoms with Gasteiger partial charge in [0.1, 0.15) is 5.82 Å². The zero-order valence-corrected chi connectivity index (χ0v) is 11.4. The standard InChI is InChI=1S/C16H14ClF/c1-5-12-14(18)7-6-10-8-11(17)9-13(15(10)12)16(2,3)4/h1,6-9H,2-4H3. The molecule has 0 unspecified atom stereocenters. The number of halogens is 2. The van der Waals surface area contributed by atoms with Gasteiger partial charge in [0.05, 0.1) is 5.56 Å². The zero-order valence-electron chi connectivity index (χ0n) is 10.6. The Kier molecular flexibility index (Phi) is 3.09. The molecule has 18 heavy (non-hydrogen) atoms. The lowest BCUT2D eigenvalue weighted by Gasteiger charge is -2.22. The molecule has 0 fully saturated rings. The Morgan fingerprint density at radius 1 is 1.22 bits per heavy atom. The molecule has 0 radical (unpaired) electrons. The molecule has 92 valence electrons. The van der Waals surface area contributed by atoms with E-state index >= 15 is 0 Å². The minimum atomic E-state index is -0.363. The highest BCUT2D eigenvalue weighted by molar-refractivity contribution is 6.31. The first kappa shape index (κ1) is 12.9. The first-order valence-electron chi connectivity index (χ1n) is 5.73. The first-order chi connectivity index (χ1) is 8.34. The average Bonchev–Trinajstić information content (AvgIpc) is 2.27. The van der Waals surface area contributed by atoms with E-state index in [9.17, 15) is 4.39 Å². The summed E-state index contributed by atoms with van der Waals surface area (Å²) in [6.07, 6.45) is 5.44. The summed E-state index contributed by atoms with van der Waals surface area (Å²) in [5.41, 5.74) is 1.13. The van der Waals surface area contributed by atoms with Gasteiger partial charge in [-0.3, -0.25) is 0 Å². The van der Waals surface area contributed by atoms with E-state index in [1.165, 1.54) is 6.07 Å². The fourth-order valence-corrected chi connectivity index (χ4v) is 2.36. The fourth-order valence-electron chi connectivity index (χ4n) is 2.14. The van der Waals surface area contributed by atoms with Crippen LogP contribution in [0.2, 0.25) is 5.02 Å². The predicted octanol–water partition coefficient (Wildman–Crippen LogP) is 4.91. The van der Waals surface area contributed by atoms with E-state index in [2.05, 4.69) is 26.7 Å². The third-order valence-electron chi connectivity index (χ3n) is 2.98. The van der Waals surface area contributed by atoms with Crippen molar-refractivity contribution in [3.05, 3.63) is 46.2 Å². The van der Waals surface area contributed by atoms with Gasteiger partial charge < -0.3 is 0 Å². The van der Waals surface area contributed by atoms with Gasteiger partial charge in [0.25, 0.3) is 0 Å². The maximum atomic E-state index is 13.8. The second-order valence-corrected chi connectivity index (χ2v) is 5.80. The molecule has 0 saturated heterocycles. The van der Waals surface area contributed by atoms with Crippen molar-refractivity contribution in [3.8, 4) is 12.3 Å². The Morgan fingerprint density at radius 3 is 2.44 bits per heavy atom. The molecule has 0 aliphatic rings. The summed E-state index contributed by atoms with van der Waals surface area (Å²) in [6, 6.07) is 6.78. The van der Waals surface area contributed by atoms with Crippen molar-refractivity contribution in [2.45, 2.75) is 26.2 Å². The minimum absolute atomic E-state index is 0.150. The molecule has 0 aromatic heterocycles. The number of hydrogen-bond acceptors (Lipinski definition) is 0. The van der Waals surface area contributed by atoms with E-state index in [-0.39, 0.29) is 11.2 Å². The molecule has 0 amide bonds. The second-order valence-electron chi connectivity index (χ2n) is 5.37. The maximum absolute atomic E-state index is 13.8. The van der Waals surface area contributed by atoms with Crippen molar-refractivity contribution in [3.63, 3.8) is 0 Å². The zero-order chi connectivity index (χ0) is 13.5. The molecule has 0 aliphatic carbocycles. The van der Waals surface area contributed by atoms with Gasteiger partial charge in [0.2, 0.25) is 0 Å². The monoisotopic (exact) mass is 260 g/mol. The van der Waals surface area contributed by atoms with Crippen LogP contribution in [0.5, 0.6) is 0 Å². The van der Waals surface area contributed by atoms with E-state index in [0.717, 1.165) is 16.3 Å². The molecule has 0 saturated carbocycles. The van der Waals surface area contributed by atoms with E-state index in [0.29, 0.717) is 10.6 Å². The first-order valence-corrected chi connectivity index (χ1v) is 6.11. The normalized spacial score (nSPS) is 11.6. The van der Waals surface area contributed by atoms with Crippen LogP contribution in [0.15, 0.2) is 24.3 Å². The van der Waals surface area contributed by atoms with E-state index < -0.39 is 0 Å². The van der Waals surface area contributed by atoms with Crippen molar-refractivity contribution < 1.29 is 4.39 Å². The summed E-state index contributed by atoms with van der Waals surface area (Å²) in [4.78, 5) is 0. The number of benzene rings is 2. The number of rotatable bonds is 0. The molecule has 2 aromatic carbocycles. The quantitative estimate of drug-likeness (QED) is 0.591. The summed E-state index contributed by atoms with van der Waals surface area (Å²) < 4.78 is 13.8. The molecular formula is C16H14ClF. The van der Waals surface area contributed by atoms with Crippen LogP contribution in [0.3, 0.4) is 0 Å². The lowest BCUT2D eigenvalue weighted by molar-refractivity contribution is 0.594. The number of terminal acetylenes is 1. The summed E-state index contributed by atoms with van der Waals surface area (Å²) in [5.74, 6) is 2.09. The third-order valence-corrected chi connectivity index (χ3v) is 3.20. The summed E-state index contributed by atoms with van der Waals surface area (Å²) in [7, 11) is 0. The van der Waals surface area contributed by atoms with Crippen molar-refractivity contribution in [1.29, 1.82) is 0 Å². The van der Waals surface area contributed by atoms with Crippen LogP contribution in [-0.2, 0) is 5.41 Å². The second kappa shape index (κ2) is 4.30. The SMILES string of the molecule is C#Cc1c(F)ccc2cc(Cl)cc(C(C)(C)C)c12. The van der Waals surface area contributed by atoms with Gasteiger partial charge in [0, 0.05) is 10.4 Å². The van der Waals surface area contributed by atoms with E-state index in [1.54, 1.807) is 6.07 Å². The Balaban J connectivity index is 3.02. The highest BCUT2D eigenvalue weighted by Gasteiger charge is 2.20. The van der Waals surface area contributed by atoms with Gasteiger partial charge in [-0.05, 0) is 34.6 Å². The van der Waals surface area contributed by atoms with Gasteiger partial charge >= 0.3 is 0 Å². The van der Waals surface area contributed by atoms with Crippen LogP contribution < -0.4 is 0 Å². The van der Waals surface area contributed by atoms with Crippen LogP contribution in [0.1, 0.15) is 31.9 Å². The van der Waals surface area contributed by atoms with Crippen LogP contribution >= 0.6 is 11.6 Å². The number of hydrogen-bond donors (Lipinski definition) is 0. The number of fused-ring (bicyclic) bond motifs is 1. The van der Waals surface area contributed by atoms with Gasteiger partial charge in [0.15, 0.2) is 0 Å². The average molecular weight is 261 g/mol. The topological polar surface area (TPSA) is 0 Å². The minimum Gasteiger partial charge on any atom is -0.206 e. The van der Waals surface area contributed by atoms with Gasteiger partial charge in [-0.1, -0.05) is 44.4 Å². The Morgan fingerprint density at radius 2 is 1.89 bits per heavy atom. The molecule has 2 heteroatoms. The molecule has 0 atom stereocenters. The largest absolute Gasteiger partial charge is 0.206 e. The molecule has 0 nitrogen and oxygen atoms in total. The van der Waals surface area contributed by atoms with E-state index in [4.69, 9.17) is 18.0 Å². The molecule has 2 rings (SSSR count). The lowest BCUT2D eigenvalue weighted by atomic mass is 9.82. The molecular weight excluding hydrogens is 247 g/mol. The van der Waals surface area contributed by atoms with Gasteiger partial charge in [-0.25, -0.2) is 4.39 Å². The Bertz CT molecular complexity index is 657. The molecule has 0 heterocycles. The smallest absolute Gasteiger partial charge is 0.139 e. The van der Waals surface area contributed by atoms with Gasteiger partial charge in [-0.15, -0.1) is 6.42 Å². The Labute approximate surface area is 112 Å². The fraction of sp³-hybridized carbons (Fsp3) is 0.250. The Hall–Kier alpha value is -1.52. The van der Waals surface area contributed by atoms with Crippen LogP contribution in [-0.4, -0.2) is 0 Å². The molecule has 0 bridgehead atoms. The van der Waals surface area contributed by atoms with Crippen molar-refractivity contribution >= 4 is 22.4 Å². The van der Waals surface area contributed by atoms with Crippen molar-refractivity contribution in [1.82, 2.24) is 0 Å². The van der Waals surface area contributed by atoms with Gasteiger partial charge in [-0.2, -0.15) is 0 Å². The molecule has 0 aliphatic heterocycles. The summed E-state index contributed by atoms with van der Waals surface area (Å²) in [5, 5.41) is 2.30. The van der Waals surface area contributed by atoms with Crippen molar-refractivity contribution in [2.75, 3.05) is 0 Å². The highest BCUT2D eigenvalue weighted by atomic mass is 35.5. The van der Waals surface area contributed by atoms with Crippen LogP contribution in [0.25, 0.3) is 10.8 Å². The summed E-state index contributed by atoms with van der Waals surface area (Å²) in [6.45, 7) is 6.18. The maximum Gasteiger partial charge on any atom is 0.139 e. The van der Waals surface area contributed by atoms with E-state index in [1.807, 2.05) is 12.1 Å². The lowest BCUT2D eigenvalue weighted by Crippen LogP contribution is -2.12.